The molecule has 0 bridgehead atoms. The average Bonchev–Trinajstić information content (AvgIpc) is 3.13. The number of carbonyl (C=O) groups excluding carboxylic acids is 2. The molecular formula is C20H24BNO5. The molecule has 3 heterocycles. The molecule has 2 fully saturated rings. The molecule has 2 aliphatic heterocycles. The first-order valence-electron chi connectivity index (χ1n) is 9.15. The van der Waals surface area contributed by atoms with E-state index in [1.165, 1.54) is 0 Å². The predicted octanol–water partition coefficient (Wildman–Crippen LogP) is 2.73. The molecule has 0 N–H and O–H groups in total. The van der Waals surface area contributed by atoms with E-state index < -0.39 is 29.7 Å². The van der Waals surface area contributed by atoms with E-state index >= 15 is 0 Å². The van der Waals surface area contributed by atoms with Gasteiger partial charge in [0.2, 0.25) is 0 Å². The molecule has 0 spiro atoms. The van der Waals surface area contributed by atoms with Crippen LogP contribution in [0.25, 0.3) is 17.0 Å². The van der Waals surface area contributed by atoms with Crippen LogP contribution in [-0.4, -0.2) is 41.1 Å². The Kier molecular flexibility index (Phi) is 3.33. The molecule has 0 radical (unpaired) electrons. The van der Waals surface area contributed by atoms with Crippen LogP contribution in [0.1, 0.15) is 40.2 Å². The molecule has 6 nitrogen and oxygen atoms in total. The highest BCUT2D eigenvalue weighted by molar-refractivity contribution is 6.79. The Morgan fingerprint density at radius 2 is 1.59 bits per heavy atom. The maximum absolute atomic E-state index is 12.8. The predicted molar refractivity (Wildman–Crippen MR) is 103 cm³/mol. The van der Waals surface area contributed by atoms with Gasteiger partial charge in [0.1, 0.15) is 11.2 Å². The molecule has 0 amide bonds. The van der Waals surface area contributed by atoms with Gasteiger partial charge in [-0.15, -0.1) is 0 Å². The number of fused-ring (bicyclic) bond motifs is 2. The smallest absolute Gasteiger partial charge is 0.594 e. The zero-order chi connectivity index (χ0) is 19.8. The van der Waals surface area contributed by atoms with Crippen LogP contribution in [0.3, 0.4) is 0 Å². The Bertz CT molecular complexity index is 987. The number of hydrogen-bond donors (Lipinski definition) is 0. The number of quaternary nitrogens is 1. The van der Waals surface area contributed by atoms with E-state index in [-0.39, 0.29) is 4.39 Å². The number of allylic oxidation sites excluding steroid dienone is 1. The zero-order valence-corrected chi connectivity index (χ0v) is 16.5. The molecule has 142 valence electrons. The van der Waals surface area contributed by atoms with Crippen molar-refractivity contribution in [3.63, 3.8) is 0 Å². The van der Waals surface area contributed by atoms with Crippen LogP contribution in [0.5, 0.6) is 0 Å². The monoisotopic (exact) mass is 369 g/mol. The second kappa shape index (κ2) is 5.04. The van der Waals surface area contributed by atoms with Crippen LogP contribution in [0.4, 0.5) is 0 Å². The molecule has 0 saturated carbocycles. The van der Waals surface area contributed by atoms with Crippen molar-refractivity contribution >= 4 is 41.3 Å². The topological polar surface area (TPSA) is 65.7 Å². The highest BCUT2D eigenvalue weighted by Crippen LogP contribution is 2.52. The van der Waals surface area contributed by atoms with Gasteiger partial charge in [-0.2, -0.15) is 0 Å². The fourth-order valence-corrected chi connectivity index (χ4v) is 4.67. The van der Waals surface area contributed by atoms with Crippen LogP contribution >= 0.6 is 0 Å². The van der Waals surface area contributed by atoms with E-state index in [0.29, 0.717) is 11.2 Å². The molecule has 2 saturated heterocycles. The molecule has 0 atom stereocenters. The largest absolute Gasteiger partial charge is 0.649 e. The van der Waals surface area contributed by atoms with Gasteiger partial charge < -0.3 is 18.1 Å². The third-order valence-corrected chi connectivity index (χ3v) is 6.81. The first-order chi connectivity index (χ1) is 12.5. The lowest BCUT2D eigenvalue weighted by Crippen LogP contribution is -2.77. The minimum atomic E-state index is -2.50. The van der Waals surface area contributed by atoms with E-state index in [1.807, 2.05) is 50.4 Å². The number of likely N-dealkylation sites (N-methyl/N-ethyl adjacent to an activating group) is 1. The van der Waals surface area contributed by atoms with Crippen LogP contribution in [0, 0.1) is 0 Å². The summed E-state index contributed by atoms with van der Waals surface area (Å²) in [6.07, 6.45) is 3.95. The summed E-state index contributed by atoms with van der Waals surface area (Å²) in [5, 5.41) is 0.866. The van der Waals surface area contributed by atoms with Gasteiger partial charge in [-0.1, -0.05) is 18.2 Å². The summed E-state index contributed by atoms with van der Waals surface area (Å²) in [6, 6.07) is 7.63. The maximum Gasteiger partial charge on any atom is 0.649 e. The number of hydrogen-bond acceptors (Lipinski definition) is 5. The van der Waals surface area contributed by atoms with Gasteiger partial charge in [0, 0.05) is 12.4 Å². The zero-order valence-electron chi connectivity index (χ0n) is 16.5. The van der Waals surface area contributed by atoms with Crippen molar-refractivity contribution < 1.29 is 27.7 Å². The van der Waals surface area contributed by atoms with E-state index in [1.54, 1.807) is 27.7 Å². The summed E-state index contributed by atoms with van der Waals surface area (Å²) < 4.78 is 17.7. The third kappa shape index (κ3) is 1.85. The maximum atomic E-state index is 12.8. The van der Waals surface area contributed by atoms with Gasteiger partial charge in [-0.05, 0) is 58.4 Å². The van der Waals surface area contributed by atoms with Crippen molar-refractivity contribution in [1.29, 1.82) is 0 Å². The summed E-state index contributed by atoms with van der Waals surface area (Å²) in [6.45, 7) is 6.60. The second-order valence-electron chi connectivity index (χ2n) is 8.62. The Hall–Kier alpha value is -2.54. The molecule has 7 heteroatoms. The quantitative estimate of drug-likeness (QED) is 0.762. The highest BCUT2D eigenvalue weighted by Gasteiger charge is 2.81. The summed E-state index contributed by atoms with van der Waals surface area (Å²) in [5.74, 6) is -0.804. The van der Waals surface area contributed by atoms with Crippen molar-refractivity contribution in [2.75, 3.05) is 7.05 Å². The standard InChI is InChI=1S/C20H24BNO5/c1-7-8-13-9-10-15-14(11-13)12-16(25-15)21-22(6,19(2,3)17(23)26-21)20(4,5)18(24)27-21/h7-12H,1-6H3/b8-7+. The SMILES string of the molecule is C/C=C/c1ccc2oc([B-]34OC(=O)C(C)(C)[N+]3(C)C(C)(C)C(=O)O4)cc2c1. The van der Waals surface area contributed by atoms with Gasteiger partial charge in [-0.25, -0.2) is 9.59 Å². The van der Waals surface area contributed by atoms with Crippen LogP contribution in [-0.2, 0) is 18.9 Å². The first kappa shape index (κ1) is 17.9. The van der Waals surface area contributed by atoms with Crippen molar-refractivity contribution in [1.82, 2.24) is 0 Å². The Morgan fingerprint density at radius 3 is 2.15 bits per heavy atom. The molecule has 2 aromatic rings. The number of nitrogens with zero attached hydrogens (tertiary/aromatic N) is 1. The van der Waals surface area contributed by atoms with Crippen molar-refractivity contribution in [2.24, 2.45) is 0 Å². The Morgan fingerprint density at radius 1 is 1.00 bits per heavy atom. The number of rotatable bonds is 2. The lowest BCUT2D eigenvalue weighted by molar-refractivity contribution is -0.885. The molecule has 0 aliphatic carbocycles. The van der Waals surface area contributed by atoms with Crippen LogP contribution in [0.15, 0.2) is 34.8 Å². The van der Waals surface area contributed by atoms with Gasteiger partial charge >= 0.3 is 18.6 Å². The van der Waals surface area contributed by atoms with E-state index in [4.69, 9.17) is 13.7 Å². The minimum Gasteiger partial charge on any atom is -0.594 e. The Labute approximate surface area is 158 Å². The van der Waals surface area contributed by atoms with E-state index in [2.05, 4.69) is 0 Å². The fourth-order valence-electron chi connectivity index (χ4n) is 4.67. The first-order valence-corrected chi connectivity index (χ1v) is 9.15. The highest BCUT2D eigenvalue weighted by atomic mass is 16.7. The molecule has 1 aromatic carbocycles. The van der Waals surface area contributed by atoms with Crippen molar-refractivity contribution in [2.45, 2.75) is 45.7 Å². The minimum absolute atomic E-state index is 0.0147. The van der Waals surface area contributed by atoms with Crippen molar-refractivity contribution in [3.05, 3.63) is 35.9 Å². The Balaban J connectivity index is 1.97. The second-order valence-corrected chi connectivity index (χ2v) is 8.62. The van der Waals surface area contributed by atoms with Gasteiger partial charge in [0.25, 0.3) is 0 Å². The normalized spacial score (nSPS) is 31.3. The molecule has 27 heavy (non-hydrogen) atoms. The molecule has 4 rings (SSSR count). The van der Waals surface area contributed by atoms with Crippen molar-refractivity contribution in [3.8, 4) is 0 Å². The molecule has 1 aromatic heterocycles. The fraction of sp³-hybridized carbons (Fsp3) is 0.400. The van der Waals surface area contributed by atoms with Gasteiger partial charge in [0.15, 0.2) is 11.1 Å². The van der Waals surface area contributed by atoms with Gasteiger partial charge in [0.05, 0.1) is 0 Å². The molecular weight excluding hydrogens is 345 g/mol. The number of carbonyl (C=O) groups is 2. The van der Waals surface area contributed by atoms with Gasteiger partial charge in [-0.3, -0.25) is 0 Å². The molecule has 0 unspecified atom stereocenters. The van der Waals surface area contributed by atoms with E-state index in [9.17, 15) is 9.59 Å². The van der Waals surface area contributed by atoms with Crippen LogP contribution < -0.4 is 5.66 Å². The third-order valence-electron chi connectivity index (χ3n) is 6.81. The average molecular weight is 369 g/mol. The summed E-state index contributed by atoms with van der Waals surface area (Å²) in [7, 11) is 1.84. The van der Waals surface area contributed by atoms with Crippen LogP contribution in [0.2, 0.25) is 0 Å². The summed E-state index contributed by atoms with van der Waals surface area (Å²) >= 11 is 0. The summed E-state index contributed by atoms with van der Waals surface area (Å²) in [4.78, 5) is 25.6. The lowest BCUT2D eigenvalue weighted by Gasteiger charge is -2.53. The molecule has 2 aliphatic rings. The van der Waals surface area contributed by atoms with E-state index in [0.717, 1.165) is 10.9 Å². The number of benzene rings is 1. The number of furan rings is 1. The lowest BCUT2D eigenvalue weighted by atomic mass is 9.61. The summed E-state index contributed by atoms with van der Waals surface area (Å²) in [5.41, 5.74) is 0.132.